The maximum absolute atomic E-state index is 14.0. The van der Waals surface area contributed by atoms with Gasteiger partial charge in [-0.15, -0.1) is 0 Å². The SMILES string of the molecule is Cc1ccc(S(=O)(=O)N2[C@@H](COC(=O)N3CCC(NN4CCCCC4)CC3)CCC[C@H]2c2ccccc2)cc1. The summed E-state index contributed by atoms with van der Waals surface area (Å²) in [5.41, 5.74) is 5.62. The van der Waals surface area contributed by atoms with Gasteiger partial charge < -0.3 is 9.64 Å². The zero-order valence-electron chi connectivity index (χ0n) is 23.0. The van der Waals surface area contributed by atoms with E-state index in [0.717, 1.165) is 49.9 Å². The van der Waals surface area contributed by atoms with E-state index < -0.39 is 16.1 Å². The van der Waals surface area contributed by atoms with Gasteiger partial charge in [-0.1, -0.05) is 54.4 Å². The number of likely N-dealkylation sites (tertiary alicyclic amines) is 1. The molecule has 2 aromatic rings. The number of benzene rings is 2. The van der Waals surface area contributed by atoms with Gasteiger partial charge in [0.1, 0.15) is 6.61 Å². The van der Waals surface area contributed by atoms with Crippen LogP contribution >= 0.6 is 0 Å². The molecule has 3 aliphatic rings. The first-order valence-electron chi connectivity index (χ1n) is 14.5. The van der Waals surface area contributed by atoms with Crippen molar-refractivity contribution in [2.24, 2.45) is 0 Å². The molecule has 2 atom stereocenters. The molecule has 39 heavy (non-hydrogen) atoms. The van der Waals surface area contributed by atoms with E-state index in [-0.39, 0.29) is 23.6 Å². The van der Waals surface area contributed by atoms with Gasteiger partial charge in [0.15, 0.2) is 0 Å². The van der Waals surface area contributed by atoms with Crippen LogP contribution in [0.5, 0.6) is 0 Å². The number of sulfonamides is 1. The number of hydrazine groups is 1. The number of nitrogens with one attached hydrogen (secondary N) is 1. The number of carbonyl (C=O) groups excluding carboxylic acids is 1. The van der Waals surface area contributed by atoms with Crippen molar-refractivity contribution in [3.63, 3.8) is 0 Å². The molecule has 212 valence electrons. The first-order valence-corrected chi connectivity index (χ1v) is 15.9. The minimum Gasteiger partial charge on any atom is -0.448 e. The Bertz CT molecular complexity index is 1180. The average molecular weight is 555 g/mol. The van der Waals surface area contributed by atoms with Crippen molar-refractivity contribution in [3.05, 3.63) is 65.7 Å². The van der Waals surface area contributed by atoms with Crippen LogP contribution in [0.1, 0.15) is 68.5 Å². The number of aryl methyl sites for hydroxylation is 1. The van der Waals surface area contributed by atoms with Gasteiger partial charge >= 0.3 is 6.09 Å². The molecule has 0 aromatic heterocycles. The van der Waals surface area contributed by atoms with E-state index in [4.69, 9.17) is 4.74 Å². The second-order valence-electron chi connectivity index (χ2n) is 11.2. The molecule has 0 aliphatic carbocycles. The van der Waals surface area contributed by atoms with Crippen LogP contribution in [0, 0.1) is 6.92 Å². The standard InChI is InChI=1S/C30H42N4O4S/c1-24-13-15-28(16-14-24)39(36,37)34-27(11-8-12-29(34)25-9-4-2-5-10-25)23-38-30(35)32-21-17-26(18-22-32)31-33-19-6-3-7-20-33/h2,4-5,9-10,13-16,26-27,29,31H,3,6-8,11-12,17-23H2,1H3/t27-,29+/m1/s1. The molecule has 3 fully saturated rings. The van der Waals surface area contributed by atoms with Crippen LogP contribution in [-0.2, 0) is 14.8 Å². The zero-order valence-corrected chi connectivity index (χ0v) is 23.8. The lowest BCUT2D eigenvalue weighted by atomic mass is 9.93. The smallest absolute Gasteiger partial charge is 0.409 e. The molecule has 3 saturated heterocycles. The van der Waals surface area contributed by atoms with E-state index in [1.54, 1.807) is 21.3 Å². The van der Waals surface area contributed by atoms with Crippen LogP contribution in [0.25, 0.3) is 0 Å². The van der Waals surface area contributed by atoms with E-state index in [0.29, 0.717) is 25.6 Å². The molecule has 8 nitrogen and oxygen atoms in total. The molecule has 2 aromatic carbocycles. The fourth-order valence-electron chi connectivity index (χ4n) is 6.13. The highest BCUT2D eigenvalue weighted by molar-refractivity contribution is 7.89. The van der Waals surface area contributed by atoms with Crippen LogP contribution in [0.3, 0.4) is 0 Å². The molecular weight excluding hydrogens is 512 g/mol. The Kier molecular flexibility index (Phi) is 9.22. The quantitative estimate of drug-likeness (QED) is 0.526. The number of nitrogens with zero attached hydrogens (tertiary/aromatic N) is 3. The van der Waals surface area contributed by atoms with Crippen molar-refractivity contribution in [2.75, 3.05) is 32.8 Å². The minimum atomic E-state index is -3.80. The molecule has 3 aliphatic heterocycles. The van der Waals surface area contributed by atoms with Crippen molar-refractivity contribution in [1.29, 1.82) is 0 Å². The highest BCUT2D eigenvalue weighted by Crippen LogP contribution is 2.39. The van der Waals surface area contributed by atoms with Gasteiger partial charge in [-0.25, -0.2) is 18.2 Å². The molecule has 1 N–H and O–H groups in total. The molecule has 5 rings (SSSR count). The van der Waals surface area contributed by atoms with Gasteiger partial charge in [0, 0.05) is 32.2 Å². The van der Waals surface area contributed by atoms with Crippen LogP contribution in [-0.4, -0.2) is 73.6 Å². The Hall–Kier alpha value is -2.46. The summed E-state index contributed by atoms with van der Waals surface area (Å²) in [6.07, 6.45) is 7.47. The van der Waals surface area contributed by atoms with E-state index in [1.807, 2.05) is 49.4 Å². The van der Waals surface area contributed by atoms with Crippen LogP contribution in [0.2, 0.25) is 0 Å². The third-order valence-electron chi connectivity index (χ3n) is 8.34. The van der Waals surface area contributed by atoms with E-state index >= 15 is 0 Å². The Morgan fingerprint density at radius 1 is 0.872 bits per heavy atom. The monoisotopic (exact) mass is 554 g/mol. The average Bonchev–Trinajstić information content (AvgIpc) is 2.97. The topological polar surface area (TPSA) is 82.2 Å². The number of carbonyl (C=O) groups is 1. The normalized spacial score (nSPS) is 24.0. The summed E-state index contributed by atoms with van der Waals surface area (Å²) in [6.45, 7) is 5.48. The lowest BCUT2D eigenvalue weighted by Crippen LogP contribution is -2.52. The predicted molar refractivity (Wildman–Crippen MR) is 152 cm³/mol. The van der Waals surface area contributed by atoms with Gasteiger partial charge in [0.05, 0.1) is 17.0 Å². The maximum atomic E-state index is 14.0. The maximum Gasteiger partial charge on any atom is 0.409 e. The Morgan fingerprint density at radius 2 is 1.56 bits per heavy atom. The van der Waals surface area contributed by atoms with Crippen molar-refractivity contribution < 1.29 is 17.9 Å². The number of amides is 1. The van der Waals surface area contributed by atoms with E-state index in [1.165, 1.54) is 19.3 Å². The summed E-state index contributed by atoms with van der Waals surface area (Å²) in [6, 6.07) is 16.5. The first-order chi connectivity index (χ1) is 18.9. The largest absolute Gasteiger partial charge is 0.448 e. The lowest BCUT2D eigenvalue weighted by Gasteiger charge is -2.41. The van der Waals surface area contributed by atoms with Gasteiger partial charge in [-0.3, -0.25) is 5.43 Å². The number of hydrogen-bond acceptors (Lipinski definition) is 6. The van der Waals surface area contributed by atoms with Crippen molar-refractivity contribution in [1.82, 2.24) is 19.6 Å². The third-order valence-corrected chi connectivity index (χ3v) is 10.3. The summed E-state index contributed by atoms with van der Waals surface area (Å²) in [7, 11) is -3.80. The minimum absolute atomic E-state index is 0.0548. The van der Waals surface area contributed by atoms with Crippen LogP contribution in [0.15, 0.2) is 59.5 Å². The van der Waals surface area contributed by atoms with Gasteiger partial charge in [-0.05, 0) is 69.6 Å². The molecular formula is C30H42N4O4S. The van der Waals surface area contributed by atoms with Gasteiger partial charge in [-0.2, -0.15) is 4.31 Å². The van der Waals surface area contributed by atoms with Crippen molar-refractivity contribution in [2.45, 2.75) is 81.3 Å². The Labute approximate surface area is 233 Å². The summed E-state index contributed by atoms with van der Waals surface area (Å²) in [5, 5.41) is 2.33. The zero-order chi connectivity index (χ0) is 27.2. The Morgan fingerprint density at radius 3 is 2.26 bits per heavy atom. The highest BCUT2D eigenvalue weighted by atomic mass is 32.2. The summed E-state index contributed by atoms with van der Waals surface area (Å²) in [5.74, 6) is 0. The van der Waals surface area contributed by atoms with E-state index in [2.05, 4.69) is 10.4 Å². The fourth-order valence-corrected chi connectivity index (χ4v) is 7.97. The van der Waals surface area contributed by atoms with Gasteiger partial charge in [0.25, 0.3) is 0 Å². The summed E-state index contributed by atoms with van der Waals surface area (Å²) in [4.78, 5) is 15.1. The number of piperidine rings is 3. The molecule has 0 spiro atoms. The second-order valence-corrected chi connectivity index (χ2v) is 13.0. The number of rotatable bonds is 7. The Balaban J connectivity index is 1.25. The molecule has 0 bridgehead atoms. The highest BCUT2D eigenvalue weighted by Gasteiger charge is 2.41. The second kappa shape index (κ2) is 12.8. The molecule has 1 amide bonds. The van der Waals surface area contributed by atoms with Crippen LogP contribution < -0.4 is 5.43 Å². The first kappa shape index (κ1) is 28.1. The van der Waals surface area contributed by atoms with Gasteiger partial charge in [0.2, 0.25) is 10.0 Å². The fraction of sp³-hybridized carbons (Fsp3) is 0.567. The van der Waals surface area contributed by atoms with Crippen LogP contribution in [0.4, 0.5) is 4.79 Å². The lowest BCUT2D eigenvalue weighted by molar-refractivity contribution is 0.0488. The number of ether oxygens (including phenoxy) is 1. The third kappa shape index (κ3) is 6.82. The predicted octanol–water partition coefficient (Wildman–Crippen LogP) is 4.87. The molecule has 9 heteroatoms. The summed E-state index contributed by atoms with van der Waals surface area (Å²) < 4.78 is 35.4. The van der Waals surface area contributed by atoms with E-state index in [9.17, 15) is 13.2 Å². The molecule has 0 unspecified atom stereocenters. The van der Waals surface area contributed by atoms with Crippen molar-refractivity contribution in [3.8, 4) is 0 Å². The molecule has 3 heterocycles. The molecule has 0 radical (unpaired) electrons. The molecule has 0 saturated carbocycles. The number of hydrogen-bond donors (Lipinski definition) is 1. The van der Waals surface area contributed by atoms with Crippen molar-refractivity contribution >= 4 is 16.1 Å². The summed E-state index contributed by atoms with van der Waals surface area (Å²) >= 11 is 0.